The molecule has 0 aromatic heterocycles. The van der Waals surface area contributed by atoms with Crippen LogP contribution in [0.25, 0.3) is 0 Å². The van der Waals surface area contributed by atoms with Gasteiger partial charge in [-0.3, -0.25) is 10.1 Å². The highest BCUT2D eigenvalue weighted by molar-refractivity contribution is 5.93. The zero-order chi connectivity index (χ0) is 16.0. The summed E-state index contributed by atoms with van der Waals surface area (Å²) in [5, 5.41) is 23.0. The van der Waals surface area contributed by atoms with E-state index in [1.54, 1.807) is 6.07 Å². The van der Waals surface area contributed by atoms with E-state index < -0.39 is 10.9 Å². The third-order valence-electron chi connectivity index (χ3n) is 3.26. The fourth-order valence-electron chi connectivity index (χ4n) is 2.15. The van der Waals surface area contributed by atoms with Crippen molar-refractivity contribution >= 4 is 17.3 Å². The minimum absolute atomic E-state index is 0.187. The Balaban J connectivity index is 2.74. The van der Waals surface area contributed by atoms with Crippen LogP contribution in [0.1, 0.15) is 50.4 Å². The molecule has 6 heteroatoms. The Morgan fingerprint density at radius 1 is 1.33 bits per heavy atom. The van der Waals surface area contributed by atoms with Crippen molar-refractivity contribution in [1.82, 2.24) is 0 Å². The maximum absolute atomic E-state index is 11.1. The van der Waals surface area contributed by atoms with Gasteiger partial charge in [-0.25, -0.2) is 4.79 Å². The molecule has 0 heterocycles. The van der Waals surface area contributed by atoms with Gasteiger partial charge in [0, 0.05) is 17.8 Å². The van der Waals surface area contributed by atoms with E-state index in [2.05, 4.69) is 19.2 Å². The number of aromatic carboxylic acids is 1. The Hall–Kier alpha value is -2.11. The van der Waals surface area contributed by atoms with Gasteiger partial charge in [0.25, 0.3) is 5.69 Å². The summed E-state index contributed by atoms with van der Waals surface area (Å²) in [6, 6.07) is 4.28. The number of anilines is 1. The monoisotopic (exact) mass is 294 g/mol. The molecule has 0 aliphatic heterocycles. The van der Waals surface area contributed by atoms with Crippen molar-refractivity contribution in [2.24, 2.45) is 5.92 Å². The molecule has 21 heavy (non-hydrogen) atoms. The highest BCUT2D eigenvalue weighted by Gasteiger charge is 2.20. The molecule has 0 saturated heterocycles. The first kappa shape index (κ1) is 16.9. The van der Waals surface area contributed by atoms with Crippen LogP contribution in [0, 0.1) is 16.0 Å². The number of carboxylic acid groups (broad SMARTS) is 1. The molecule has 0 radical (unpaired) electrons. The molecule has 0 spiro atoms. The van der Waals surface area contributed by atoms with Crippen LogP contribution in [0.4, 0.5) is 11.4 Å². The number of nitro groups is 1. The number of rotatable bonds is 8. The lowest BCUT2D eigenvalue weighted by atomic mass is 10.0. The topological polar surface area (TPSA) is 92.5 Å². The number of benzene rings is 1. The smallest absolute Gasteiger partial charge is 0.342 e. The Kier molecular flexibility index (Phi) is 6.14. The second-order valence-electron chi connectivity index (χ2n) is 5.66. The summed E-state index contributed by atoms with van der Waals surface area (Å²) in [5.74, 6) is -0.631. The first-order chi connectivity index (χ1) is 9.81. The number of carbonyl (C=O) groups is 1. The van der Waals surface area contributed by atoms with Gasteiger partial charge in [-0.15, -0.1) is 0 Å². The van der Waals surface area contributed by atoms with Gasteiger partial charge in [-0.2, -0.15) is 0 Å². The molecule has 0 fully saturated rings. The predicted molar refractivity (Wildman–Crippen MR) is 81.8 cm³/mol. The Bertz CT molecular complexity index is 514. The summed E-state index contributed by atoms with van der Waals surface area (Å²) in [6.07, 6.45) is 3.20. The number of nitro benzene ring substituents is 1. The van der Waals surface area contributed by atoms with Crippen LogP contribution >= 0.6 is 0 Å². The molecule has 1 aromatic rings. The number of carboxylic acids is 1. The lowest BCUT2D eigenvalue weighted by molar-refractivity contribution is -0.385. The molecule has 116 valence electrons. The molecule has 2 N–H and O–H groups in total. The summed E-state index contributed by atoms with van der Waals surface area (Å²) in [6.45, 7) is 6.36. The Morgan fingerprint density at radius 2 is 2.00 bits per heavy atom. The fourth-order valence-corrected chi connectivity index (χ4v) is 2.15. The van der Waals surface area contributed by atoms with Gasteiger partial charge in [0.15, 0.2) is 0 Å². The van der Waals surface area contributed by atoms with E-state index in [0.29, 0.717) is 11.6 Å². The zero-order valence-corrected chi connectivity index (χ0v) is 12.6. The summed E-state index contributed by atoms with van der Waals surface area (Å²) < 4.78 is 0. The first-order valence-corrected chi connectivity index (χ1v) is 7.09. The van der Waals surface area contributed by atoms with Gasteiger partial charge >= 0.3 is 5.97 Å². The van der Waals surface area contributed by atoms with Crippen LogP contribution in [-0.2, 0) is 0 Å². The lowest BCUT2D eigenvalue weighted by Gasteiger charge is -2.16. The Morgan fingerprint density at radius 3 is 2.52 bits per heavy atom. The second kappa shape index (κ2) is 7.61. The van der Waals surface area contributed by atoms with E-state index in [9.17, 15) is 14.9 Å². The normalized spacial score (nSPS) is 12.2. The standard InChI is InChI=1S/C15H22N2O4/c1-10(2)5-4-6-11(3)16-12-7-8-14(17(20)21)13(9-12)15(18)19/h7-11,16H,4-6H2,1-3H3,(H,18,19). The molecular formula is C15H22N2O4. The molecule has 6 nitrogen and oxygen atoms in total. The molecule has 0 bridgehead atoms. The molecular weight excluding hydrogens is 272 g/mol. The number of hydrogen-bond acceptors (Lipinski definition) is 4. The van der Waals surface area contributed by atoms with Crippen LogP contribution in [0.5, 0.6) is 0 Å². The maximum atomic E-state index is 11.1. The molecule has 1 atom stereocenters. The average Bonchev–Trinajstić information content (AvgIpc) is 2.37. The highest BCUT2D eigenvalue weighted by atomic mass is 16.6. The molecule has 1 rings (SSSR count). The van der Waals surface area contributed by atoms with E-state index in [-0.39, 0.29) is 17.3 Å². The second-order valence-corrected chi connectivity index (χ2v) is 5.66. The van der Waals surface area contributed by atoms with Crippen molar-refractivity contribution < 1.29 is 14.8 Å². The molecule has 0 amide bonds. The summed E-state index contributed by atoms with van der Waals surface area (Å²) in [5.41, 5.74) is -0.0880. The minimum atomic E-state index is -1.29. The molecule has 0 aliphatic rings. The summed E-state index contributed by atoms with van der Waals surface area (Å²) in [4.78, 5) is 21.2. The lowest BCUT2D eigenvalue weighted by Crippen LogP contribution is -2.16. The molecule has 1 aromatic carbocycles. The van der Waals surface area contributed by atoms with Gasteiger partial charge in [-0.1, -0.05) is 26.7 Å². The van der Waals surface area contributed by atoms with Crippen LogP contribution in [0.3, 0.4) is 0 Å². The molecule has 1 unspecified atom stereocenters. The number of nitrogens with zero attached hydrogens (tertiary/aromatic N) is 1. The van der Waals surface area contributed by atoms with E-state index in [1.807, 2.05) is 6.92 Å². The fraction of sp³-hybridized carbons (Fsp3) is 0.533. The van der Waals surface area contributed by atoms with Gasteiger partial charge < -0.3 is 10.4 Å². The van der Waals surface area contributed by atoms with Crippen molar-refractivity contribution in [2.75, 3.05) is 5.32 Å². The van der Waals surface area contributed by atoms with Crippen molar-refractivity contribution in [2.45, 2.75) is 46.1 Å². The number of hydrogen-bond donors (Lipinski definition) is 2. The van der Waals surface area contributed by atoms with Crippen LogP contribution in [-0.4, -0.2) is 22.0 Å². The summed E-state index contributed by atoms with van der Waals surface area (Å²) >= 11 is 0. The number of nitrogens with one attached hydrogen (secondary N) is 1. The van der Waals surface area contributed by atoms with E-state index in [1.165, 1.54) is 12.1 Å². The third kappa shape index (κ3) is 5.41. The van der Waals surface area contributed by atoms with Crippen molar-refractivity contribution in [3.05, 3.63) is 33.9 Å². The SMILES string of the molecule is CC(C)CCCC(C)Nc1ccc([N+](=O)[O-])c(C(=O)O)c1. The maximum Gasteiger partial charge on any atom is 0.342 e. The Labute approximate surface area is 124 Å². The average molecular weight is 294 g/mol. The third-order valence-corrected chi connectivity index (χ3v) is 3.26. The van der Waals surface area contributed by atoms with Crippen LogP contribution in [0.15, 0.2) is 18.2 Å². The van der Waals surface area contributed by atoms with Crippen LogP contribution in [0.2, 0.25) is 0 Å². The van der Waals surface area contributed by atoms with E-state index >= 15 is 0 Å². The predicted octanol–water partition coefficient (Wildman–Crippen LogP) is 3.92. The molecule has 0 saturated carbocycles. The minimum Gasteiger partial charge on any atom is -0.477 e. The van der Waals surface area contributed by atoms with Gasteiger partial charge in [0.05, 0.1) is 4.92 Å². The largest absolute Gasteiger partial charge is 0.477 e. The molecule has 0 aliphatic carbocycles. The summed E-state index contributed by atoms with van der Waals surface area (Å²) in [7, 11) is 0. The van der Waals surface area contributed by atoms with Crippen molar-refractivity contribution in [3.8, 4) is 0 Å². The van der Waals surface area contributed by atoms with Crippen molar-refractivity contribution in [3.63, 3.8) is 0 Å². The van der Waals surface area contributed by atoms with E-state index in [4.69, 9.17) is 5.11 Å². The van der Waals surface area contributed by atoms with E-state index in [0.717, 1.165) is 19.3 Å². The van der Waals surface area contributed by atoms with Gasteiger partial charge in [-0.05, 0) is 31.4 Å². The van der Waals surface area contributed by atoms with Crippen LogP contribution < -0.4 is 5.32 Å². The highest BCUT2D eigenvalue weighted by Crippen LogP contribution is 2.23. The quantitative estimate of drug-likeness (QED) is 0.560. The van der Waals surface area contributed by atoms with Gasteiger partial charge in [0.2, 0.25) is 0 Å². The zero-order valence-electron chi connectivity index (χ0n) is 12.6. The first-order valence-electron chi connectivity index (χ1n) is 7.09. The van der Waals surface area contributed by atoms with Crippen molar-refractivity contribution in [1.29, 1.82) is 0 Å². The van der Waals surface area contributed by atoms with Gasteiger partial charge in [0.1, 0.15) is 5.56 Å².